The minimum absolute atomic E-state index is 0.527. The molecule has 1 fully saturated rings. The van der Waals surface area contributed by atoms with Crippen molar-refractivity contribution in [3.05, 3.63) is 11.1 Å². The van der Waals surface area contributed by atoms with Crippen LogP contribution in [0.1, 0.15) is 58.3 Å². The Labute approximate surface area is 127 Å². The molecule has 0 aromatic carbocycles. The fraction of sp³-hybridized carbons (Fsp3) is 0.812. The van der Waals surface area contributed by atoms with Crippen LogP contribution in [0.2, 0.25) is 0 Å². The average molecular weight is 295 g/mol. The summed E-state index contributed by atoms with van der Waals surface area (Å²) in [5.74, 6) is 0. The molecule has 1 aliphatic rings. The first kappa shape index (κ1) is 15.8. The SMILES string of the molecule is CC(C)NCc1cnc(N(C)C2CCC(C)(C)CC2)s1. The molecule has 1 aliphatic carbocycles. The lowest BCUT2D eigenvalue weighted by Crippen LogP contribution is -2.37. The maximum atomic E-state index is 4.61. The van der Waals surface area contributed by atoms with E-state index in [0.29, 0.717) is 17.5 Å². The molecule has 0 radical (unpaired) electrons. The van der Waals surface area contributed by atoms with E-state index in [9.17, 15) is 0 Å². The van der Waals surface area contributed by atoms with Crippen LogP contribution in [0.5, 0.6) is 0 Å². The summed E-state index contributed by atoms with van der Waals surface area (Å²) in [6.07, 6.45) is 7.27. The van der Waals surface area contributed by atoms with Gasteiger partial charge in [-0.1, -0.05) is 27.7 Å². The Morgan fingerprint density at radius 1 is 1.40 bits per heavy atom. The van der Waals surface area contributed by atoms with Gasteiger partial charge in [0, 0.05) is 36.8 Å². The van der Waals surface area contributed by atoms with Gasteiger partial charge in [0.25, 0.3) is 0 Å². The van der Waals surface area contributed by atoms with Crippen molar-refractivity contribution in [2.24, 2.45) is 5.41 Å². The Bertz CT molecular complexity index is 415. The summed E-state index contributed by atoms with van der Waals surface area (Å²) in [6, 6.07) is 1.19. The van der Waals surface area contributed by atoms with Gasteiger partial charge in [0.15, 0.2) is 5.13 Å². The van der Waals surface area contributed by atoms with Crippen LogP contribution in [0.15, 0.2) is 6.20 Å². The van der Waals surface area contributed by atoms with Gasteiger partial charge in [0.2, 0.25) is 0 Å². The summed E-state index contributed by atoms with van der Waals surface area (Å²) < 4.78 is 0. The van der Waals surface area contributed by atoms with Crippen LogP contribution in [-0.2, 0) is 6.54 Å². The molecule has 0 unspecified atom stereocenters. The molecule has 0 bridgehead atoms. The van der Waals surface area contributed by atoms with Crippen molar-refractivity contribution in [3.63, 3.8) is 0 Å². The third-order valence-electron chi connectivity index (χ3n) is 4.38. The van der Waals surface area contributed by atoms with Crippen LogP contribution in [0, 0.1) is 5.41 Å². The molecule has 4 heteroatoms. The van der Waals surface area contributed by atoms with E-state index in [1.54, 1.807) is 0 Å². The smallest absolute Gasteiger partial charge is 0.185 e. The first-order valence-corrected chi connectivity index (χ1v) is 8.60. The zero-order chi connectivity index (χ0) is 14.8. The van der Waals surface area contributed by atoms with E-state index in [-0.39, 0.29) is 0 Å². The van der Waals surface area contributed by atoms with Gasteiger partial charge in [-0.05, 0) is 31.1 Å². The Kier molecular flexibility index (Phi) is 5.08. The molecule has 0 amide bonds. The number of rotatable bonds is 5. The van der Waals surface area contributed by atoms with Crippen molar-refractivity contribution in [2.75, 3.05) is 11.9 Å². The minimum atomic E-state index is 0.527. The maximum absolute atomic E-state index is 4.61. The highest BCUT2D eigenvalue weighted by molar-refractivity contribution is 7.15. The van der Waals surface area contributed by atoms with E-state index >= 15 is 0 Å². The van der Waals surface area contributed by atoms with Gasteiger partial charge in [-0.15, -0.1) is 11.3 Å². The van der Waals surface area contributed by atoms with E-state index < -0.39 is 0 Å². The summed E-state index contributed by atoms with van der Waals surface area (Å²) in [7, 11) is 2.21. The number of anilines is 1. The van der Waals surface area contributed by atoms with Crippen LogP contribution < -0.4 is 10.2 Å². The average Bonchev–Trinajstić information content (AvgIpc) is 2.84. The van der Waals surface area contributed by atoms with Crippen LogP contribution in [0.4, 0.5) is 5.13 Å². The van der Waals surface area contributed by atoms with Crippen molar-refractivity contribution in [1.82, 2.24) is 10.3 Å². The van der Waals surface area contributed by atoms with Crippen LogP contribution >= 0.6 is 11.3 Å². The van der Waals surface area contributed by atoms with Gasteiger partial charge in [0.05, 0.1) is 0 Å². The monoisotopic (exact) mass is 295 g/mol. The number of nitrogens with zero attached hydrogens (tertiary/aromatic N) is 2. The Morgan fingerprint density at radius 2 is 2.05 bits per heavy atom. The first-order valence-electron chi connectivity index (χ1n) is 7.78. The number of thiazole rings is 1. The third kappa shape index (κ3) is 4.19. The van der Waals surface area contributed by atoms with Crippen LogP contribution in [-0.4, -0.2) is 24.1 Å². The van der Waals surface area contributed by atoms with E-state index in [1.807, 2.05) is 17.5 Å². The van der Waals surface area contributed by atoms with Crippen molar-refractivity contribution in [2.45, 2.75) is 72.0 Å². The van der Waals surface area contributed by atoms with E-state index in [2.05, 4.69) is 49.9 Å². The molecule has 1 saturated carbocycles. The van der Waals surface area contributed by atoms with Gasteiger partial charge >= 0.3 is 0 Å². The standard InChI is InChI=1S/C16H29N3S/c1-12(2)17-10-14-11-18-15(20-14)19(5)13-6-8-16(3,4)9-7-13/h11-13,17H,6-10H2,1-5H3. The molecule has 1 aromatic rings. The number of hydrogen-bond acceptors (Lipinski definition) is 4. The zero-order valence-electron chi connectivity index (χ0n) is 13.6. The van der Waals surface area contributed by atoms with Crippen molar-refractivity contribution in [1.29, 1.82) is 0 Å². The van der Waals surface area contributed by atoms with Crippen molar-refractivity contribution < 1.29 is 0 Å². The van der Waals surface area contributed by atoms with Gasteiger partial charge in [-0.2, -0.15) is 0 Å². The van der Waals surface area contributed by atoms with Gasteiger partial charge < -0.3 is 10.2 Å². The molecule has 0 aliphatic heterocycles. The van der Waals surface area contributed by atoms with Gasteiger partial charge in [-0.25, -0.2) is 4.98 Å². The molecule has 1 aromatic heterocycles. The Morgan fingerprint density at radius 3 is 2.65 bits per heavy atom. The molecule has 114 valence electrons. The van der Waals surface area contributed by atoms with Crippen LogP contribution in [0.25, 0.3) is 0 Å². The predicted octanol–water partition coefficient (Wildman–Crippen LogP) is 4.05. The zero-order valence-corrected chi connectivity index (χ0v) is 14.4. The number of nitrogens with one attached hydrogen (secondary N) is 1. The molecule has 3 nitrogen and oxygen atoms in total. The second-order valence-corrected chi connectivity index (χ2v) is 8.24. The molecular weight excluding hydrogens is 266 g/mol. The molecule has 0 atom stereocenters. The largest absolute Gasteiger partial charge is 0.348 e. The molecule has 20 heavy (non-hydrogen) atoms. The highest BCUT2D eigenvalue weighted by Gasteiger charge is 2.29. The van der Waals surface area contributed by atoms with Crippen molar-refractivity contribution in [3.8, 4) is 0 Å². The normalized spacial score (nSPS) is 19.5. The molecular formula is C16H29N3S. The molecule has 2 rings (SSSR count). The summed E-state index contributed by atoms with van der Waals surface area (Å²) >= 11 is 1.83. The lowest BCUT2D eigenvalue weighted by molar-refractivity contribution is 0.222. The molecule has 1 heterocycles. The van der Waals surface area contributed by atoms with E-state index in [4.69, 9.17) is 0 Å². The summed E-state index contributed by atoms with van der Waals surface area (Å²) in [6.45, 7) is 10.1. The van der Waals surface area contributed by atoms with Crippen molar-refractivity contribution >= 4 is 16.5 Å². The number of hydrogen-bond donors (Lipinski definition) is 1. The molecule has 1 N–H and O–H groups in total. The van der Waals surface area contributed by atoms with Gasteiger partial charge in [0.1, 0.15) is 0 Å². The Balaban J connectivity index is 1.91. The lowest BCUT2D eigenvalue weighted by Gasteiger charge is -2.38. The van der Waals surface area contributed by atoms with E-state index in [1.165, 1.54) is 35.7 Å². The first-order chi connectivity index (χ1) is 9.37. The molecule has 0 saturated heterocycles. The summed E-state index contributed by atoms with van der Waals surface area (Å²) in [4.78, 5) is 8.34. The highest BCUT2D eigenvalue weighted by atomic mass is 32.1. The predicted molar refractivity (Wildman–Crippen MR) is 88.5 cm³/mol. The number of aromatic nitrogens is 1. The second-order valence-electron chi connectivity index (χ2n) is 7.15. The summed E-state index contributed by atoms with van der Waals surface area (Å²) in [5.41, 5.74) is 0.534. The minimum Gasteiger partial charge on any atom is -0.348 e. The quantitative estimate of drug-likeness (QED) is 0.888. The fourth-order valence-electron chi connectivity index (χ4n) is 2.77. The van der Waals surface area contributed by atoms with Crippen LogP contribution in [0.3, 0.4) is 0 Å². The Hall–Kier alpha value is -0.610. The van der Waals surface area contributed by atoms with Gasteiger partial charge in [-0.3, -0.25) is 0 Å². The second kappa shape index (κ2) is 6.44. The lowest BCUT2D eigenvalue weighted by atomic mass is 9.75. The third-order valence-corrected chi connectivity index (χ3v) is 5.47. The topological polar surface area (TPSA) is 28.2 Å². The maximum Gasteiger partial charge on any atom is 0.185 e. The molecule has 0 spiro atoms. The van der Waals surface area contributed by atoms with E-state index in [0.717, 1.165) is 6.54 Å². The summed E-state index contributed by atoms with van der Waals surface area (Å²) in [5, 5.41) is 4.63. The highest BCUT2D eigenvalue weighted by Crippen LogP contribution is 2.38. The fourth-order valence-corrected chi connectivity index (χ4v) is 3.67.